The van der Waals surface area contributed by atoms with E-state index in [2.05, 4.69) is 5.32 Å². The quantitative estimate of drug-likeness (QED) is 0.680. The maximum atomic E-state index is 12.2. The lowest BCUT2D eigenvalue weighted by atomic mass is 10.2. The molecule has 0 aromatic carbocycles. The Morgan fingerprint density at radius 2 is 1.76 bits per heavy atom. The minimum absolute atomic E-state index is 0.0589. The highest BCUT2D eigenvalue weighted by molar-refractivity contribution is 5.95. The van der Waals surface area contributed by atoms with Crippen molar-refractivity contribution in [2.45, 2.75) is 19.9 Å². The molecule has 0 saturated carbocycles. The highest BCUT2D eigenvalue weighted by Gasteiger charge is 2.20. The van der Waals surface area contributed by atoms with E-state index in [1.165, 1.54) is 26.1 Å². The first-order valence-electron chi connectivity index (χ1n) is 6.16. The second-order valence-electron chi connectivity index (χ2n) is 4.71. The summed E-state index contributed by atoms with van der Waals surface area (Å²) in [7, 11) is 1.32. The van der Waals surface area contributed by atoms with Crippen molar-refractivity contribution in [1.82, 2.24) is 18.9 Å². The number of nitrogens with zero attached hydrogens (tertiary/aromatic N) is 3. The van der Waals surface area contributed by atoms with Crippen LogP contribution in [0.2, 0.25) is 0 Å². The third-order valence-corrected chi connectivity index (χ3v) is 3.19. The predicted octanol–water partition coefficient (Wildman–Crippen LogP) is -1.99. The topological polar surface area (TPSA) is 120 Å². The van der Waals surface area contributed by atoms with Crippen molar-refractivity contribution in [3.63, 3.8) is 0 Å². The Bertz CT molecular complexity index is 857. The number of fused-ring (bicyclic) bond motifs is 1. The van der Waals surface area contributed by atoms with Crippen molar-refractivity contribution in [3.05, 3.63) is 44.5 Å². The van der Waals surface area contributed by atoms with Gasteiger partial charge in [-0.25, -0.2) is 14.2 Å². The molecule has 0 fully saturated rings. The zero-order chi connectivity index (χ0) is 15.9. The molecule has 2 amide bonds. The summed E-state index contributed by atoms with van der Waals surface area (Å²) in [6, 6.07) is 2.04. The molecule has 0 aliphatic rings. The second kappa shape index (κ2) is 4.93. The number of amides is 2. The largest absolute Gasteiger partial charge is 0.368 e. The Balaban J connectivity index is 2.67. The number of primary amides is 1. The van der Waals surface area contributed by atoms with E-state index in [0.717, 1.165) is 13.6 Å². The Hall–Kier alpha value is -2.84. The van der Waals surface area contributed by atoms with Crippen LogP contribution >= 0.6 is 0 Å². The molecule has 1 unspecified atom stereocenters. The van der Waals surface area contributed by atoms with Crippen molar-refractivity contribution >= 4 is 11.8 Å². The van der Waals surface area contributed by atoms with Gasteiger partial charge in [0.05, 0.1) is 0 Å². The number of rotatable bonds is 3. The van der Waals surface area contributed by atoms with Crippen LogP contribution in [0.15, 0.2) is 21.7 Å². The number of nitrogens with two attached hydrogens (primary N) is 1. The molecule has 9 nitrogen and oxygen atoms in total. The first kappa shape index (κ1) is 14.6. The molecule has 0 spiro atoms. The molecule has 1 atom stereocenters. The molecule has 0 aliphatic carbocycles. The van der Waals surface area contributed by atoms with E-state index < -0.39 is 29.2 Å². The van der Waals surface area contributed by atoms with Gasteiger partial charge in [-0.1, -0.05) is 0 Å². The van der Waals surface area contributed by atoms with Crippen molar-refractivity contribution in [3.8, 4) is 0 Å². The lowest BCUT2D eigenvalue weighted by Gasteiger charge is -2.11. The number of aryl methyl sites for hydroxylation is 1. The molecule has 0 saturated heterocycles. The smallest absolute Gasteiger partial charge is 0.352 e. The van der Waals surface area contributed by atoms with E-state index in [1.54, 1.807) is 6.92 Å². The Labute approximate surface area is 118 Å². The molecule has 2 aromatic rings. The number of carbonyl (C=O) groups excluding carboxylic acids is 2. The van der Waals surface area contributed by atoms with Gasteiger partial charge in [-0.3, -0.25) is 9.59 Å². The van der Waals surface area contributed by atoms with Gasteiger partial charge < -0.3 is 11.1 Å². The van der Waals surface area contributed by atoms with Gasteiger partial charge in [0, 0.05) is 12.7 Å². The maximum absolute atomic E-state index is 12.2. The zero-order valence-corrected chi connectivity index (χ0v) is 11.8. The van der Waals surface area contributed by atoms with Crippen LogP contribution in [0.3, 0.4) is 0 Å². The molecule has 2 heterocycles. The van der Waals surface area contributed by atoms with Crippen molar-refractivity contribution < 1.29 is 9.59 Å². The van der Waals surface area contributed by atoms with Gasteiger partial charge in [-0.2, -0.15) is 9.03 Å². The molecular formula is C12H15N5O4. The molecule has 9 heteroatoms. The first-order chi connectivity index (χ1) is 9.75. The van der Waals surface area contributed by atoms with Gasteiger partial charge in [0.15, 0.2) is 0 Å². The summed E-state index contributed by atoms with van der Waals surface area (Å²) in [4.78, 5) is 47.2. The number of hydrogen-bond donors (Lipinski definition) is 2. The fourth-order valence-electron chi connectivity index (χ4n) is 1.91. The first-order valence-corrected chi connectivity index (χ1v) is 6.16. The van der Waals surface area contributed by atoms with E-state index in [0.29, 0.717) is 5.69 Å². The fourth-order valence-corrected chi connectivity index (χ4v) is 1.91. The molecule has 0 bridgehead atoms. The van der Waals surface area contributed by atoms with E-state index in [9.17, 15) is 19.2 Å². The van der Waals surface area contributed by atoms with E-state index in [-0.39, 0.29) is 5.69 Å². The number of hydrogen-bond acceptors (Lipinski definition) is 4. The highest BCUT2D eigenvalue weighted by atomic mass is 16.2. The lowest BCUT2D eigenvalue weighted by Crippen LogP contribution is -2.43. The van der Waals surface area contributed by atoms with Gasteiger partial charge in [0.2, 0.25) is 5.91 Å². The third-order valence-electron chi connectivity index (χ3n) is 3.19. The summed E-state index contributed by atoms with van der Waals surface area (Å²) in [5.41, 5.74) is 4.30. The summed E-state index contributed by atoms with van der Waals surface area (Å²) in [5.74, 6) is -1.38. The SMILES string of the molecule is Cc1ccc(C(=O)NC(C)C(N)=O)n2c(=O)n(C)c(=O)n12. The van der Waals surface area contributed by atoms with Crippen LogP contribution in [0, 0.1) is 6.92 Å². The van der Waals surface area contributed by atoms with Gasteiger partial charge in [-0.15, -0.1) is 0 Å². The van der Waals surface area contributed by atoms with Crippen LogP contribution in [0.25, 0.3) is 0 Å². The monoisotopic (exact) mass is 293 g/mol. The Morgan fingerprint density at radius 3 is 2.33 bits per heavy atom. The Morgan fingerprint density at radius 1 is 1.19 bits per heavy atom. The number of carbonyl (C=O) groups is 2. The normalized spacial score (nSPS) is 12.3. The average molecular weight is 293 g/mol. The van der Waals surface area contributed by atoms with Crippen LogP contribution in [0.5, 0.6) is 0 Å². The van der Waals surface area contributed by atoms with Crippen LogP contribution in [-0.2, 0) is 11.8 Å². The summed E-state index contributed by atoms with van der Waals surface area (Å²) < 4.78 is 2.94. The van der Waals surface area contributed by atoms with Crippen molar-refractivity contribution in [2.75, 3.05) is 0 Å². The number of nitrogens with one attached hydrogen (secondary N) is 1. The third kappa shape index (κ3) is 2.22. The van der Waals surface area contributed by atoms with Crippen molar-refractivity contribution in [1.29, 1.82) is 0 Å². The van der Waals surface area contributed by atoms with E-state index >= 15 is 0 Å². The van der Waals surface area contributed by atoms with E-state index in [4.69, 9.17) is 5.73 Å². The van der Waals surface area contributed by atoms with Gasteiger partial charge in [-0.05, 0) is 26.0 Å². The van der Waals surface area contributed by atoms with Crippen LogP contribution in [0.1, 0.15) is 23.1 Å². The minimum Gasteiger partial charge on any atom is -0.368 e. The van der Waals surface area contributed by atoms with Crippen LogP contribution < -0.4 is 22.4 Å². The second-order valence-corrected chi connectivity index (χ2v) is 4.71. The molecule has 3 N–H and O–H groups in total. The highest BCUT2D eigenvalue weighted by Crippen LogP contribution is 2.01. The molecule has 0 aliphatic heterocycles. The fraction of sp³-hybridized carbons (Fsp3) is 0.333. The molecule has 112 valence electrons. The minimum atomic E-state index is -0.898. The van der Waals surface area contributed by atoms with Crippen LogP contribution in [0.4, 0.5) is 0 Å². The lowest BCUT2D eigenvalue weighted by molar-refractivity contribution is -0.119. The molecule has 0 radical (unpaired) electrons. The predicted molar refractivity (Wildman–Crippen MR) is 73.2 cm³/mol. The molecule has 2 rings (SSSR count). The Kier molecular flexibility index (Phi) is 3.42. The van der Waals surface area contributed by atoms with Gasteiger partial charge >= 0.3 is 11.4 Å². The van der Waals surface area contributed by atoms with Gasteiger partial charge in [0.1, 0.15) is 11.7 Å². The van der Waals surface area contributed by atoms with E-state index in [1.807, 2.05) is 0 Å². The molecule has 21 heavy (non-hydrogen) atoms. The zero-order valence-electron chi connectivity index (χ0n) is 11.8. The number of aromatic nitrogens is 3. The standard InChI is InChI=1S/C12H15N5O4/c1-6-4-5-8(10(19)14-7(2)9(13)18)17-12(21)15(3)11(20)16(6)17/h4-5,7H,1-3H3,(H2,13,18)(H,14,19). The summed E-state index contributed by atoms with van der Waals surface area (Å²) in [5, 5.41) is 2.37. The van der Waals surface area contributed by atoms with Crippen LogP contribution in [-0.4, -0.2) is 31.5 Å². The molecular weight excluding hydrogens is 278 g/mol. The molecule has 2 aromatic heterocycles. The van der Waals surface area contributed by atoms with Crippen molar-refractivity contribution in [2.24, 2.45) is 12.8 Å². The average Bonchev–Trinajstić information content (AvgIpc) is 2.65. The summed E-state index contributed by atoms with van der Waals surface area (Å²) in [6.07, 6.45) is 0. The maximum Gasteiger partial charge on any atom is 0.352 e. The van der Waals surface area contributed by atoms with Gasteiger partial charge in [0.25, 0.3) is 5.91 Å². The summed E-state index contributed by atoms with van der Waals surface area (Å²) in [6.45, 7) is 3.06. The summed E-state index contributed by atoms with van der Waals surface area (Å²) >= 11 is 0.